The average Bonchev–Trinajstić information content (AvgIpc) is 3.05. The van der Waals surface area contributed by atoms with Gasteiger partial charge in [-0.05, 0) is 24.1 Å². The average molecular weight is 344 g/mol. The number of carboxylic acids is 1. The summed E-state index contributed by atoms with van der Waals surface area (Å²) in [6.07, 6.45) is 1.28. The van der Waals surface area contributed by atoms with Gasteiger partial charge in [-0.2, -0.15) is 5.10 Å². The molecule has 0 atom stereocenters. The van der Waals surface area contributed by atoms with Crippen molar-refractivity contribution in [3.63, 3.8) is 0 Å². The Hall–Kier alpha value is -3.03. The SMILES string of the molecule is COc1ccc(CCNC(=O)N2CCc3[nH]nc(C(=O)O)c3C2)cc1. The molecule has 2 heterocycles. The topological polar surface area (TPSA) is 108 Å². The first-order chi connectivity index (χ1) is 12.1. The van der Waals surface area contributed by atoms with E-state index in [2.05, 4.69) is 15.5 Å². The second-order valence-corrected chi connectivity index (χ2v) is 5.84. The summed E-state index contributed by atoms with van der Waals surface area (Å²) < 4.78 is 5.11. The number of urea groups is 1. The fourth-order valence-electron chi connectivity index (χ4n) is 2.86. The zero-order valence-corrected chi connectivity index (χ0v) is 13.9. The number of rotatable bonds is 5. The van der Waals surface area contributed by atoms with Crippen molar-refractivity contribution >= 4 is 12.0 Å². The lowest BCUT2D eigenvalue weighted by atomic mass is 10.1. The highest BCUT2D eigenvalue weighted by Crippen LogP contribution is 2.20. The van der Waals surface area contributed by atoms with Gasteiger partial charge in [0.05, 0.1) is 13.7 Å². The summed E-state index contributed by atoms with van der Waals surface area (Å²) in [7, 11) is 1.62. The first-order valence-corrected chi connectivity index (χ1v) is 8.03. The Kier molecular flexibility index (Phi) is 4.87. The van der Waals surface area contributed by atoms with Crippen LogP contribution in [0.5, 0.6) is 5.75 Å². The molecule has 0 spiro atoms. The number of hydrogen-bond donors (Lipinski definition) is 3. The lowest BCUT2D eigenvalue weighted by molar-refractivity contribution is 0.0687. The summed E-state index contributed by atoms with van der Waals surface area (Å²) in [5.74, 6) is -0.287. The fourth-order valence-corrected chi connectivity index (χ4v) is 2.86. The van der Waals surface area contributed by atoms with E-state index in [9.17, 15) is 9.59 Å². The van der Waals surface area contributed by atoms with Crippen LogP contribution < -0.4 is 10.1 Å². The molecule has 1 aromatic heterocycles. The van der Waals surface area contributed by atoms with Crippen LogP contribution in [0, 0.1) is 0 Å². The fraction of sp³-hybridized carbons (Fsp3) is 0.353. The minimum Gasteiger partial charge on any atom is -0.497 e. The predicted molar refractivity (Wildman–Crippen MR) is 89.8 cm³/mol. The van der Waals surface area contributed by atoms with Crippen LogP contribution in [0.3, 0.4) is 0 Å². The van der Waals surface area contributed by atoms with Gasteiger partial charge in [-0.25, -0.2) is 9.59 Å². The minimum absolute atomic E-state index is 0.00858. The quantitative estimate of drug-likeness (QED) is 0.760. The molecule has 1 aromatic carbocycles. The van der Waals surface area contributed by atoms with Crippen molar-refractivity contribution in [1.29, 1.82) is 0 Å². The number of carbonyl (C=O) groups excluding carboxylic acids is 1. The first kappa shape index (κ1) is 16.8. The van der Waals surface area contributed by atoms with Crippen LogP contribution in [0.2, 0.25) is 0 Å². The van der Waals surface area contributed by atoms with Gasteiger partial charge in [-0.15, -0.1) is 0 Å². The van der Waals surface area contributed by atoms with Gasteiger partial charge in [0.1, 0.15) is 5.75 Å². The number of H-pyrrole nitrogens is 1. The Morgan fingerprint density at radius 3 is 2.80 bits per heavy atom. The third-order valence-electron chi connectivity index (χ3n) is 4.27. The highest BCUT2D eigenvalue weighted by molar-refractivity contribution is 5.87. The Bertz CT molecular complexity index is 769. The van der Waals surface area contributed by atoms with Crippen LogP contribution in [0.4, 0.5) is 4.79 Å². The van der Waals surface area contributed by atoms with Gasteiger partial charge in [0.2, 0.25) is 0 Å². The summed E-state index contributed by atoms with van der Waals surface area (Å²) in [5, 5.41) is 18.6. The van der Waals surface area contributed by atoms with E-state index in [1.165, 1.54) is 0 Å². The van der Waals surface area contributed by atoms with E-state index in [4.69, 9.17) is 9.84 Å². The molecule has 0 saturated carbocycles. The van der Waals surface area contributed by atoms with E-state index >= 15 is 0 Å². The van der Waals surface area contributed by atoms with Crippen LogP contribution in [0.15, 0.2) is 24.3 Å². The van der Waals surface area contributed by atoms with Crippen molar-refractivity contribution in [2.24, 2.45) is 0 Å². The molecule has 1 aliphatic rings. The van der Waals surface area contributed by atoms with Crippen LogP contribution in [-0.2, 0) is 19.4 Å². The molecule has 132 valence electrons. The molecule has 0 bridgehead atoms. The van der Waals surface area contributed by atoms with Crippen LogP contribution in [-0.4, -0.2) is 52.4 Å². The van der Waals surface area contributed by atoms with E-state index in [-0.39, 0.29) is 18.3 Å². The standard InChI is InChI=1S/C17H20N4O4/c1-25-12-4-2-11(3-5-12)6-8-18-17(24)21-9-7-14-13(10-21)15(16(22)23)20-19-14/h2-5H,6-10H2,1H3,(H,18,24)(H,19,20)(H,22,23). The number of hydrogen-bond acceptors (Lipinski definition) is 4. The maximum Gasteiger partial charge on any atom is 0.356 e. The van der Waals surface area contributed by atoms with Crippen molar-refractivity contribution in [3.8, 4) is 5.75 Å². The first-order valence-electron chi connectivity index (χ1n) is 8.03. The molecule has 2 aromatic rings. The molecular weight excluding hydrogens is 324 g/mol. The van der Waals surface area contributed by atoms with Crippen LogP contribution in [0.25, 0.3) is 0 Å². The summed E-state index contributed by atoms with van der Waals surface area (Å²) >= 11 is 0. The third-order valence-corrected chi connectivity index (χ3v) is 4.27. The van der Waals surface area contributed by atoms with Gasteiger partial charge in [0, 0.05) is 30.8 Å². The van der Waals surface area contributed by atoms with Gasteiger partial charge in [0.25, 0.3) is 0 Å². The van der Waals surface area contributed by atoms with E-state index < -0.39 is 5.97 Å². The number of ether oxygens (including phenoxy) is 1. The lowest BCUT2D eigenvalue weighted by Crippen LogP contribution is -2.43. The largest absolute Gasteiger partial charge is 0.497 e. The second-order valence-electron chi connectivity index (χ2n) is 5.84. The number of aromatic nitrogens is 2. The molecule has 0 radical (unpaired) electrons. The van der Waals surface area contributed by atoms with E-state index in [1.807, 2.05) is 24.3 Å². The minimum atomic E-state index is -1.08. The van der Waals surface area contributed by atoms with Crippen LogP contribution in [0.1, 0.15) is 27.3 Å². The van der Waals surface area contributed by atoms with Crippen LogP contribution >= 0.6 is 0 Å². The van der Waals surface area contributed by atoms with Crippen molar-refractivity contribution in [2.45, 2.75) is 19.4 Å². The molecule has 1 aliphatic heterocycles. The molecule has 3 rings (SSSR count). The molecule has 8 heteroatoms. The van der Waals surface area contributed by atoms with E-state index in [0.717, 1.165) is 17.0 Å². The van der Waals surface area contributed by atoms with Gasteiger partial charge in [0.15, 0.2) is 5.69 Å². The molecule has 2 amide bonds. The van der Waals surface area contributed by atoms with Crippen molar-refractivity contribution in [3.05, 3.63) is 46.8 Å². The van der Waals surface area contributed by atoms with Crippen molar-refractivity contribution in [1.82, 2.24) is 20.4 Å². The number of amides is 2. The highest BCUT2D eigenvalue weighted by atomic mass is 16.5. The number of carboxylic acid groups (broad SMARTS) is 1. The normalized spacial score (nSPS) is 13.2. The van der Waals surface area contributed by atoms with Gasteiger partial charge < -0.3 is 20.1 Å². The molecule has 3 N–H and O–H groups in total. The highest BCUT2D eigenvalue weighted by Gasteiger charge is 2.27. The molecule has 0 saturated heterocycles. The number of benzene rings is 1. The number of aromatic amines is 1. The van der Waals surface area contributed by atoms with Gasteiger partial charge in [-0.3, -0.25) is 5.10 Å². The van der Waals surface area contributed by atoms with Crippen molar-refractivity contribution < 1.29 is 19.4 Å². The molecule has 8 nitrogen and oxygen atoms in total. The predicted octanol–water partition coefficient (Wildman–Crippen LogP) is 1.43. The Balaban J connectivity index is 1.53. The summed E-state index contributed by atoms with van der Waals surface area (Å²) in [6.45, 7) is 1.29. The molecule has 0 unspecified atom stereocenters. The maximum absolute atomic E-state index is 12.3. The zero-order valence-electron chi connectivity index (χ0n) is 13.9. The molecule has 0 fully saturated rings. The molecule has 25 heavy (non-hydrogen) atoms. The summed E-state index contributed by atoms with van der Waals surface area (Å²) in [6, 6.07) is 7.49. The number of aromatic carboxylic acids is 1. The maximum atomic E-state index is 12.3. The van der Waals surface area contributed by atoms with Gasteiger partial charge >= 0.3 is 12.0 Å². The molecular formula is C17H20N4O4. The van der Waals surface area contributed by atoms with E-state index in [0.29, 0.717) is 31.5 Å². The number of methoxy groups -OCH3 is 1. The monoisotopic (exact) mass is 344 g/mol. The number of nitrogens with zero attached hydrogens (tertiary/aromatic N) is 2. The zero-order chi connectivity index (χ0) is 17.8. The lowest BCUT2D eigenvalue weighted by Gasteiger charge is -2.27. The Morgan fingerprint density at radius 2 is 2.12 bits per heavy atom. The third kappa shape index (κ3) is 3.73. The second kappa shape index (κ2) is 7.25. The molecule has 0 aliphatic carbocycles. The Morgan fingerprint density at radius 1 is 1.36 bits per heavy atom. The Labute approximate surface area is 144 Å². The smallest absolute Gasteiger partial charge is 0.356 e. The number of nitrogens with one attached hydrogen (secondary N) is 2. The number of fused-ring (bicyclic) bond motifs is 1. The summed E-state index contributed by atoms with van der Waals surface area (Å²) in [4.78, 5) is 25.1. The summed E-state index contributed by atoms with van der Waals surface area (Å²) in [5.41, 5.74) is 2.47. The number of carbonyl (C=O) groups is 2. The van der Waals surface area contributed by atoms with E-state index in [1.54, 1.807) is 12.0 Å². The van der Waals surface area contributed by atoms with Crippen molar-refractivity contribution in [2.75, 3.05) is 20.2 Å². The van der Waals surface area contributed by atoms with Gasteiger partial charge in [-0.1, -0.05) is 12.1 Å².